The summed E-state index contributed by atoms with van der Waals surface area (Å²) >= 11 is 5.97. The van der Waals surface area contributed by atoms with Gasteiger partial charge in [0.2, 0.25) is 0 Å². The second-order valence-electron chi connectivity index (χ2n) is 8.03. The van der Waals surface area contributed by atoms with Gasteiger partial charge in [0.25, 0.3) is 11.7 Å². The molecular formula is C27H24ClNO6. The number of halogens is 1. The third-order valence-corrected chi connectivity index (χ3v) is 6.22. The number of amides is 1. The van der Waals surface area contributed by atoms with E-state index in [1.54, 1.807) is 42.5 Å². The van der Waals surface area contributed by atoms with Crippen LogP contribution in [0.5, 0.6) is 17.2 Å². The first-order valence-electron chi connectivity index (χ1n) is 10.9. The molecule has 1 saturated heterocycles. The molecule has 0 aromatic heterocycles. The van der Waals surface area contributed by atoms with Crippen LogP contribution in [0.15, 0.2) is 72.3 Å². The van der Waals surface area contributed by atoms with Gasteiger partial charge >= 0.3 is 0 Å². The zero-order valence-corrected chi connectivity index (χ0v) is 20.0. The lowest BCUT2D eigenvalue weighted by atomic mass is 9.94. The molecule has 0 saturated carbocycles. The Morgan fingerprint density at radius 1 is 0.971 bits per heavy atom. The molecule has 1 atom stereocenters. The second-order valence-corrected chi connectivity index (χ2v) is 8.46. The van der Waals surface area contributed by atoms with E-state index >= 15 is 0 Å². The van der Waals surface area contributed by atoms with Gasteiger partial charge in [-0.1, -0.05) is 35.9 Å². The summed E-state index contributed by atoms with van der Waals surface area (Å²) < 4.78 is 10.6. The highest BCUT2D eigenvalue weighted by molar-refractivity contribution is 6.46. The molecular weight excluding hydrogens is 470 g/mol. The lowest BCUT2D eigenvalue weighted by Crippen LogP contribution is -2.31. The standard InChI is InChI=1S/C27H24ClNO6/c1-34-20-11-12-21(22(15-20)35-2)25(31)23-24(17-5-9-19(30)10-6-17)29(27(33)26(23)32)14-13-16-3-7-18(28)8-4-16/h3-12,15,24,30-31H,13-14H2,1-2H3/b25-23-. The molecule has 2 N–H and O–H groups in total. The molecule has 1 heterocycles. The fraction of sp³-hybridized carbons (Fsp3) is 0.185. The minimum absolute atomic E-state index is 0.0451. The smallest absolute Gasteiger partial charge is 0.295 e. The summed E-state index contributed by atoms with van der Waals surface area (Å²) in [5.74, 6) is -1.02. The minimum Gasteiger partial charge on any atom is -0.508 e. The van der Waals surface area contributed by atoms with E-state index in [0.717, 1.165) is 5.56 Å². The molecule has 0 spiro atoms. The van der Waals surface area contributed by atoms with Crippen molar-refractivity contribution in [1.29, 1.82) is 0 Å². The Hall–Kier alpha value is -3.97. The summed E-state index contributed by atoms with van der Waals surface area (Å²) in [5.41, 5.74) is 1.72. The van der Waals surface area contributed by atoms with Crippen molar-refractivity contribution < 1.29 is 29.3 Å². The Morgan fingerprint density at radius 2 is 1.66 bits per heavy atom. The fourth-order valence-electron chi connectivity index (χ4n) is 4.15. The van der Waals surface area contributed by atoms with Crippen LogP contribution in [-0.2, 0) is 16.0 Å². The van der Waals surface area contributed by atoms with Crippen LogP contribution in [0.1, 0.15) is 22.7 Å². The van der Waals surface area contributed by atoms with Gasteiger partial charge in [0.05, 0.1) is 31.4 Å². The third-order valence-electron chi connectivity index (χ3n) is 5.97. The van der Waals surface area contributed by atoms with Gasteiger partial charge in [-0.25, -0.2) is 0 Å². The number of ketones is 1. The van der Waals surface area contributed by atoms with Crippen LogP contribution >= 0.6 is 11.6 Å². The van der Waals surface area contributed by atoms with Gasteiger partial charge in [0, 0.05) is 17.6 Å². The maximum Gasteiger partial charge on any atom is 0.295 e. The van der Waals surface area contributed by atoms with E-state index in [-0.39, 0.29) is 29.2 Å². The SMILES string of the molecule is COc1ccc(/C(O)=C2/C(=O)C(=O)N(CCc3ccc(Cl)cc3)C2c2ccc(O)cc2)c(OC)c1. The number of hydrogen-bond donors (Lipinski definition) is 2. The van der Waals surface area contributed by atoms with E-state index in [2.05, 4.69) is 0 Å². The van der Waals surface area contributed by atoms with Crippen LogP contribution < -0.4 is 9.47 Å². The van der Waals surface area contributed by atoms with E-state index in [1.165, 1.54) is 31.3 Å². The number of Topliss-reactive ketones (excluding diaryl/α,β-unsaturated/α-hetero) is 1. The Kier molecular flexibility index (Phi) is 6.98. The predicted molar refractivity (Wildman–Crippen MR) is 132 cm³/mol. The van der Waals surface area contributed by atoms with Crippen LogP contribution in [0, 0.1) is 0 Å². The number of carbonyl (C=O) groups is 2. The van der Waals surface area contributed by atoms with Gasteiger partial charge in [0.1, 0.15) is 23.0 Å². The highest BCUT2D eigenvalue weighted by atomic mass is 35.5. The van der Waals surface area contributed by atoms with E-state index in [9.17, 15) is 19.8 Å². The second kappa shape index (κ2) is 10.1. The molecule has 3 aromatic carbocycles. The average molecular weight is 494 g/mol. The molecule has 0 radical (unpaired) electrons. The molecule has 8 heteroatoms. The predicted octanol–water partition coefficient (Wildman–Crippen LogP) is 4.73. The van der Waals surface area contributed by atoms with Gasteiger partial charge in [-0.2, -0.15) is 0 Å². The van der Waals surface area contributed by atoms with Gasteiger partial charge in [-0.3, -0.25) is 9.59 Å². The van der Waals surface area contributed by atoms with Crippen LogP contribution in [0.2, 0.25) is 5.02 Å². The summed E-state index contributed by atoms with van der Waals surface area (Å²) in [4.78, 5) is 27.8. The zero-order valence-electron chi connectivity index (χ0n) is 19.2. The molecule has 35 heavy (non-hydrogen) atoms. The number of aromatic hydroxyl groups is 1. The number of aliphatic hydroxyl groups is 1. The topological polar surface area (TPSA) is 96.3 Å². The first-order valence-corrected chi connectivity index (χ1v) is 11.3. The molecule has 1 amide bonds. The number of aliphatic hydroxyl groups excluding tert-OH is 1. The largest absolute Gasteiger partial charge is 0.508 e. The molecule has 0 aliphatic carbocycles. The van der Waals surface area contributed by atoms with E-state index in [4.69, 9.17) is 21.1 Å². The van der Waals surface area contributed by atoms with Crippen LogP contribution in [-0.4, -0.2) is 47.6 Å². The van der Waals surface area contributed by atoms with E-state index in [1.807, 2.05) is 12.1 Å². The molecule has 3 aromatic rings. The monoisotopic (exact) mass is 493 g/mol. The highest BCUT2D eigenvalue weighted by Crippen LogP contribution is 2.41. The third kappa shape index (κ3) is 4.81. The number of benzene rings is 3. The van der Waals surface area contributed by atoms with Crippen molar-refractivity contribution in [3.63, 3.8) is 0 Å². The Bertz CT molecular complexity index is 1280. The van der Waals surface area contributed by atoms with Gasteiger partial charge in [-0.15, -0.1) is 0 Å². The Labute approximate surface area is 207 Å². The maximum atomic E-state index is 13.2. The number of phenols is 1. The van der Waals surface area contributed by atoms with Crippen molar-refractivity contribution in [2.75, 3.05) is 20.8 Å². The minimum atomic E-state index is -0.852. The number of phenolic OH excluding ortho intramolecular Hbond substituents is 1. The number of hydrogen-bond acceptors (Lipinski definition) is 6. The van der Waals surface area contributed by atoms with Gasteiger partial charge in [0.15, 0.2) is 0 Å². The summed E-state index contributed by atoms with van der Waals surface area (Å²) in [6, 6.07) is 17.4. The Morgan fingerprint density at radius 3 is 2.29 bits per heavy atom. The van der Waals surface area contributed by atoms with Crippen molar-refractivity contribution in [2.24, 2.45) is 0 Å². The zero-order chi connectivity index (χ0) is 25.1. The summed E-state index contributed by atoms with van der Waals surface area (Å²) in [6.45, 7) is 0.230. The van der Waals surface area contributed by atoms with Gasteiger partial charge < -0.3 is 24.6 Å². The normalized spacial score (nSPS) is 17.0. The lowest BCUT2D eigenvalue weighted by molar-refractivity contribution is -0.139. The molecule has 1 unspecified atom stereocenters. The Balaban J connectivity index is 1.80. The lowest BCUT2D eigenvalue weighted by Gasteiger charge is -2.25. The van der Waals surface area contributed by atoms with Crippen molar-refractivity contribution in [3.8, 4) is 17.2 Å². The van der Waals surface area contributed by atoms with Crippen LogP contribution in [0.3, 0.4) is 0 Å². The number of methoxy groups -OCH3 is 2. The first-order chi connectivity index (χ1) is 16.8. The average Bonchev–Trinajstić information content (AvgIpc) is 3.13. The number of likely N-dealkylation sites (tertiary alicyclic amines) is 1. The first kappa shape index (κ1) is 24.2. The molecule has 180 valence electrons. The van der Waals surface area contributed by atoms with Crippen molar-refractivity contribution in [1.82, 2.24) is 4.90 Å². The fourth-order valence-corrected chi connectivity index (χ4v) is 4.28. The van der Waals surface area contributed by atoms with Gasteiger partial charge in [-0.05, 0) is 53.9 Å². The molecule has 1 fully saturated rings. The summed E-state index contributed by atoms with van der Waals surface area (Å²) in [7, 11) is 2.94. The van der Waals surface area contributed by atoms with Crippen LogP contribution in [0.25, 0.3) is 5.76 Å². The highest BCUT2D eigenvalue weighted by Gasteiger charge is 2.46. The van der Waals surface area contributed by atoms with Crippen molar-refractivity contribution >= 4 is 29.1 Å². The number of carbonyl (C=O) groups excluding carboxylic acids is 2. The molecule has 1 aliphatic rings. The van der Waals surface area contributed by atoms with Crippen molar-refractivity contribution in [2.45, 2.75) is 12.5 Å². The summed E-state index contributed by atoms with van der Waals surface area (Å²) in [6.07, 6.45) is 0.477. The number of rotatable bonds is 7. The molecule has 7 nitrogen and oxygen atoms in total. The van der Waals surface area contributed by atoms with E-state index in [0.29, 0.717) is 28.5 Å². The quantitative estimate of drug-likeness (QED) is 0.281. The number of nitrogens with zero attached hydrogens (tertiary/aromatic N) is 1. The molecule has 4 rings (SSSR count). The molecule has 0 bridgehead atoms. The number of ether oxygens (including phenoxy) is 2. The van der Waals surface area contributed by atoms with Crippen molar-refractivity contribution in [3.05, 3.63) is 94.0 Å². The van der Waals surface area contributed by atoms with Crippen LogP contribution in [0.4, 0.5) is 0 Å². The van der Waals surface area contributed by atoms with E-state index < -0.39 is 17.7 Å². The summed E-state index contributed by atoms with van der Waals surface area (Å²) in [5, 5.41) is 21.7. The maximum absolute atomic E-state index is 13.2. The molecule has 1 aliphatic heterocycles.